The number of nitrogens with two attached hydrogens (primary N) is 1. The number of ether oxygens (including phenoxy) is 1. The lowest BCUT2D eigenvalue weighted by Crippen LogP contribution is -2.09. The van der Waals surface area contributed by atoms with Crippen LogP contribution in [0.2, 0.25) is 0 Å². The van der Waals surface area contributed by atoms with Gasteiger partial charge in [0.1, 0.15) is 5.82 Å². The number of unbranched alkanes of at least 4 members (excludes halogenated alkanes) is 1. The standard InChI is InChI=1S/C11H13BrFN3O3/c12-7-5-9(16(17)18)10(6-8(7)13)19-4-2-1-3-11(14)15/h5-6H,1-4H2,(H3,14,15). The highest BCUT2D eigenvalue weighted by Crippen LogP contribution is 2.32. The Hall–Kier alpha value is -1.70. The molecular formula is C11H13BrFN3O3. The van der Waals surface area contributed by atoms with Crippen molar-refractivity contribution >= 4 is 27.5 Å². The zero-order chi connectivity index (χ0) is 14.4. The summed E-state index contributed by atoms with van der Waals surface area (Å²) in [4.78, 5) is 10.2. The summed E-state index contributed by atoms with van der Waals surface area (Å²) in [5, 5.41) is 17.8. The first-order valence-corrected chi connectivity index (χ1v) is 6.30. The van der Waals surface area contributed by atoms with E-state index in [9.17, 15) is 14.5 Å². The quantitative estimate of drug-likeness (QED) is 0.263. The minimum absolute atomic E-state index is 0.0168. The van der Waals surface area contributed by atoms with E-state index in [0.717, 1.165) is 12.1 Å². The van der Waals surface area contributed by atoms with E-state index in [-0.39, 0.29) is 28.4 Å². The first-order chi connectivity index (χ1) is 8.91. The van der Waals surface area contributed by atoms with E-state index < -0.39 is 10.7 Å². The molecule has 0 aliphatic heterocycles. The maximum absolute atomic E-state index is 13.3. The number of nitrogens with zero attached hydrogens (tertiary/aromatic N) is 1. The third-order valence-electron chi connectivity index (χ3n) is 2.30. The van der Waals surface area contributed by atoms with Gasteiger partial charge in [0.15, 0.2) is 5.75 Å². The van der Waals surface area contributed by atoms with E-state index in [2.05, 4.69) is 15.9 Å². The molecule has 0 unspecified atom stereocenters. The summed E-state index contributed by atoms with van der Waals surface area (Å²) < 4.78 is 18.5. The topological polar surface area (TPSA) is 102 Å². The summed E-state index contributed by atoms with van der Waals surface area (Å²) in [5.74, 6) is -0.640. The van der Waals surface area contributed by atoms with Crippen LogP contribution in [0.25, 0.3) is 0 Å². The van der Waals surface area contributed by atoms with Crippen molar-refractivity contribution in [1.29, 1.82) is 5.41 Å². The summed E-state index contributed by atoms with van der Waals surface area (Å²) in [5.41, 5.74) is 4.89. The molecule has 0 fully saturated rings. The molecule has 0 heterocycles. The van der Waals surface area contributed by atoms with Crippen molar-refractivity contribution in [2.75, 3.05) is 6.61 Å². The van der Waals surface area contributed by atoms with Crippen molar-refractivity contribution in [2.45, 2.75) is 19.3 Å². The molecular weight excluding hydrogens is 321 g/mol. The van der Waals surface area contributed by atoms with Gasteiger partial charge in [-0.15, -0.1) is 0 Å². The Bertz CT molecular complexity index is 496. The predicted molar refractivity (Wildman–Crippen MR) is 72.0 cm³/mol. The number of hydrogen-bond acceptors (Lipinski definition) is 4. The summed E-state index contributed by atoms with van der Waals surface area (Å²) >= 11 is 2.89. The van der Waals surface area contributed by atoms with Gasteiger partial charge in [0.25, 0.3) is 0 Å². The molecule has 0 saturated carbocycles. The van der Waals surface area contributed by atoms with E-state index in [1.54, 1.807) is 0 Å². The van der Waals surface area contributed by atoms with Gasteiger partial charge >= 0.3 is 5.69 Å². The van der Waals surface area contributed by atoms with Crippen LogP contribution in [-0.2, 0) is 0 Å². The molecule has 0 aliphatic carbocycles. The number of hydrogen-bond donors (Lipinski definition) is 2. The molecule has 0 aromatic heterocycles. The molecule has 1 aromatic carbocycles. The molecule has 0 aliphatic rings. The van der Waals surface area contributed by atoms with Crippen molar-refractivity contribution in [3.05, 3.63) is 32.5 Å². The summed E-state index contributed by atoms with van der Waals surface area (Å²) in [6.07, 6.45) is 1.66. The largest absolute Gasteiger partial charge is 0.487 e. The summed E-state index contributed by atoms with van der Waals surface area (Å²) in [6, 6.07) is 2.05. The summed E-state index contributed by atoms with van der Waals surface area (Å²) in [6.45, 7) is 0.204. The van der Waals surface area contributed by atoms with Crippen LogP contribution in [0.3, 0.4) is 0 Å². The fourth-order valence-corrected chi connectivity index (χ4v) is 1.71. The molecule has 0 spiro atoms. The van der Waals surface area contributed by atoms with Crippen molar-refractivity contribution in [2.24, 2.45) is 5.73 Å². The first-order valence-electron chi connectivity index (χ1n) is 5.51. The van der Waals surface area contributed by atoms with Crippen LogP contribution in [0.5, 0.6) is 5.75 Å². The lowest BCUT2D eigenvalue weighted by atomic mass is 10.2. The third kappa shape index (κ3) is 4.82. The van der Waals surface area contributed by atoms with Crippen LogP contribution in [0.4, 0.5) is 10.1 Å². The van der Waals surface area contributed by atoms with Crippen molar-refractivity contribution in [3.63, 3.8) is 0 Å². The van der Waals surface area contributed by atoms with Crippen LogP contribution >= 0.6 is 15.9 Å². The molecule has 104 valence electrons. The van der Waals surface area contributed by atoms with E-state index >= 15 is 0 Å². The van der Waals surface area contributed by atoms with Gasteiger partial charge in [0.05, 0.1) is 21.8 Å². The van der Waals surface area contributed by atoms with Crippen molar-refractivity contribution < 1.29 is 14.1 Å². The smallest absolute Gasteiger partial charge is 0.312 e. The zero-order valence-electron chi connectivity index (χ0n) is 9.99. The molecule has 3 N–H and O–H groups in total. The molecule has 0 saturated heterocycles. The molecule has 0 amide bonds. The number of halogens is 2. The SMILES string of the molecule is N=C(N)CCCCOc1cc(F)c(Br)cc1[N+](=O)[O-]. The number of nitrogens with one attached hydrogen (secondary N) is 1. The number of benzene rings is 1. The predicted octanol–water partition coefficient (Wildman–Crippen LogP) is 2.98. The van der Waals surface area contributed by atoms with Gasteiger partial charge in [-0.05, 0) is 28.8 Å². The van der Waals surface area contributed by atoms with Gasteiger partial charge in [-0.25, -0.2) is 4.39 Å². The van der Waals surface area contributed by atoms with Gasteiger partial charge in [-0.1, -0.05) is 0 Å². The highest BCUT2D eigenvalue weighted by atomic mass is 79.9. The van der Waals surface area contributed by atoms with Gasteiger partial charge in [-0.3, -0.25) is 15.5 Å². The lowest BCUT2D eigenvalue weighted by molar-refractivity contribution is -0.386. The average molecular weight is 334 g/mol. The van der Waals surface area contributed by atoms with E-state index in [0.29, 0.717) is 19.3 Å². The van der Waals surface area contributed by atoms with Crippen LogP contribution in [0.15, 0.2) is 16.6 Å². The molecule has 1 rings (SSSR count). The second-order valence-corrected chi connectivity index (χ2v) is 4.68. The molecule has 19 heavy (non-hydrogen) atoms. The van der Waals surface area contributed by atoms with Gasteiger partial charge in [0.2, 0.25) is 0 Å². The molecule has 0 bridgehead atoms. The van der Waals surface area contributed by atoms with Crippen molar-refractivity contribution in [1.82, 2.24) is 0 Å². The second kappa shape index (κ2) is 7.03. The Morgan fingerprint density at radius 1 is 1.53 bits per heavy atom. The molecule has 0 atom stereocenters. The highest BCUT2D eigenvalue weighted by Gasteiger charge is 2.18. The first kappa shape index (κ1) is 15.4. The maximum Gasteiger partial charge on any atom is 0.312 e. The number of rotatable bonds is 7. The molecule has 0 radical (unpaired) electrons. The van der Waals surface area contributed by atoms with Gasteiger partial charge in [0, 0.05) is 18.6 Å². The highest BCUT2D eigenvalue weighted by molar-refractivity contribution is 9.10. The molecule has 1 aromatic rings. The fraction of sp³-hybridized carbons (Fsp3) is 0.364. The number of amidine groups is 1. The van der Waals surface area contributed by atoms with E-state index in [1.165, 1.54) is 0 Å². The minimum atomic E-state index is -0.630. The van der Waals surface area contributed by atoms with Crippen LogP contribution < -0.4 is 10.5 Å². The monoisotopic (exact) mass is 333 g/mol. The van der Waals surface area contributed by atoms with Crippen LogP contribution in [-0.4, -0.2) is 17.4 Å². The lowest BCUT2D eigenvalue weighted by Gasteiger charge is -2.07. The van der Waals surface area contributed by atoms with E-state index in [1.807, 2.05) is 0 Å². The Kier molecular flexibility index (Phi) is 5.68. The minimum Gasteiger partial charge on any atom is -0.487 e. The summed E-state index contributed by atoms with van der Waals surface area (Å²) in [7, 11) is 0. The Labute approximate surface area is 117 Å². The van der Waals surface area contributed by atoms with Crippen molar-refractivity contribution in [3.8, 4) is 5.75 Å². The van der Waals surface area contributed by atoms with Gasteiger partial charge in [-0.2, -0.15) is 0 Å². The number of nitro benzene ring substituents is 1. The Morgan fingerprint density at radius 3 is 2.79 bits per heavy atom. The normalized spacial score (nSPS) is 10.2. The Balaban J connectivity index is 2.64. The zero-order valence-corrected chi connectivity index (χ0v) is 11.6. The van der Waals surface area contributed by atoms with Gasteiger partial charge < -0.3 is 10.5 Å². The number of nitro groups is 1. The molecule has 6 nitrogen and oxygen atoms in total. The Morgan fingerprint density at radius 2 is 2.21 bits per heavy atom. The average Bonchev–Trinajstić information content (AvgIpc) is 2.32. The fourth-order valence-electron chi connectivity index (χ4n) is 1.38. The van der Waals surface area contributed by atoms with Crippen LogP contribution in [0, 0.1) is 21.3 Å². The maximum atomic E-state index is 13.3. The third-order valence-corrected chi connectivity index (χ3v) is 2.90. The van der Waals surface area contributed by atoms with Crippen LogP contribution in [0.1, 0.15) is 19.3 Å². The molecule has 8 heteroatoms. The van der Waals surface area contributed by atoms with E-state index in [4.69, 9.17) is 15.9 Å². The second-order valence-electron chi connectivity index (χ2n) is 3.82.